The minimum Gasteiger partial charge on any atom is -0.756 e. The van der Waals surface area contributed by atoms with Crippen LogP contribution in [0.4, 0.5) is 0 Å². The number of amides is 1. The molecule has 0 radical (unpaired) electrons. The second-order valence-corrected chi connectivity index (χ2v) is 26.8. The summed E-state index contributed by atoms with van der Waals surface area (Å²) in [5.74, 6) is -0.537. The number of hydrogen-bond acceptors (Lipinski definition) is 7. The number of carbonyl (C=O) groups excluding carboxylic acids is 2. The van der Waals surface area contributed by atoms with Crippen molar-refractivity contribution < 1.29 is 37.3 Å². The summed E-state index contributed by atoms with van der Waals surface area (Å²) in [5.41, 5.74) is 0. The highest BCUT2D eigenvalue weighted by molar-refractivity contribution is 7.45. The van der Waals surface area contributed by atoms with Crippen LogP contribution in [-0.4, -0.2) is 69.4 Å². The molecule has 0 aromatic carbocycles. The highest BCUT2D eigenvalue weighted by Gasteiger charge is 2.27. The summed E-state index contributed by atoms with van der Waals surface area (Å²) in [6, 6.07) is -0.893. The molecule has 9 nitrogen and oxygen atoms in total. The molecule has 3 atom stereocenters. The normalized spacial score (nSPS) is 13.9. The third-order valence-electron chi connectivity index (χ3n) is 15.9. The van der Waals surface area contributed by atoms with E-state index in [4.69, 9.17) is 13.8 Å². The number of allylic oxidation sites excluding steroid dienone is 11. The molecule has 3 unspecified atom stereocenters. The molecule has 0 aliphatic heterocycles. The standard InChI is InChI=1S/C74H137N2O7P/c1-7-10-13-16-19-22-25-28-30-32-34-36-38-40-42-44-46-48-51-54-57-60-63-66-73(77)75-71(70-82-84(79,80)81-69-68-76(4,5)6)72(65-62-59-56-53-50-27-24-21-18-15-12-9-3)83-74(78)67-64-61-58-55-52-49-47-45-43-41-39-37-35-33-31-29-26-23-20-17-14-11-8-2/h19-20,22-23,28-31,35,37,62,65,71-72H,7-18,21,24-27,32-34,36,38-61,63-64,66-70H2,1-6H3,(H-,75,77,79,80)/b22-19-,23-20-,30-28-,31-29-,37-35-,65-62+. The Balaban J connectivity index is 5.07. The van der Waals surface area contributed by atoms with Crippen molar-refractivity contribution in [3.63, 3.8) is 0 Å². The monoisotopic (exact) mass is 1200 g/mol. The molecule has 84 heavy (non-hydrogen) atoms. The number of unbranched alkanes of at least 4 members (excludes halogenated alkanes) is 39. The molecule has 0 heterocycles. The molecule has 0 rings (SSSR count). The van der Waals surface area contributed by atoms with E-state index in [-0.39, 0.29) is 31.5 Å². The van der Waals surface area contributed by atoms with Gasteiger partial charge < -0.3 is 28.5 Å². The molecule has 0 aromatic rings. The molecule has 0 spiro atoms. The van der Waals surface area contributed by atoms with Crippen LogP contribution in [0.15, 0.2) is 72.9 Å². The van der Waals surface area contributed by atoms with Crippen molar-refractivity contribution in [3.8, 4) is 0 Å². The molecule has 0 bridgehead atoms. The van der Waals surface area contributed by atoms with Crippen LogP contribution in [0.5, 0.6) is 0 Å². The molecule has 10 heteroatoms. The van der Waals surface area contributed by atoms with Crippen molar-refractivity contribution in [2.75, 3.05) is 40.9 Å². The van der Waals surface area contributed by atoms with Gasteiger partial charge in [-0.25, -0.2) is 0 Å². The van der Waals surface area contributed by atoms with Gasteiger partial charge in [-0.1, -0.05) is 293 Å². The zero-order valence-corrected chi connectivity index (χ0v) is 57.0. The smallest absolute Gasteiger partial charge is 0.306 e. The Morgan fingerprint density at radius 3 is 1.11 bits per heavy atom. The van der Waals surface area contributed by atoms with E-state index in [0.29, 0.717) is 17.4 Å². The Hall–Kier alpha value is -2.55. The van der Waals surface area contributed by atoms with Gasteiger partial charge in [-0.05, 0) is 102 Å². The predicted molar refractivity (Wildman–Crippen MR) is 362 cm³/mol. The lowest BCUT2D eigenvalue weighted by atomic mass is 10.0. The first-order valence-electron chi connectivity index (χ1n) is 35.7. The van der Waals surface area contributed by atoms with Crippen molar-refractivity contribution in [3.05, 3.63) is 72.9 Å². The van der Waals surface area contributed by atoms with Gasteiger partial charge in [0.2, 0.25) is 5.91 Å². The van der Waals surface area contributed by atoms with E-state index in [1.165, 1.54) is 225 Å². The fraction of sp³-hybridized carbons (Fsp3) is 0.811. The minimum absolute atomic E-state index is 0.0240. The van der Waals surface area contributed by atoms with Crippen LogP contribution < -0.4 is 10.2 Å². The van der Waals surface area contributed by atoms with Crippen LogP contribution in [0, 0.1) is 0 Å². The fourth-order valence-electron chi connectivity index (χ4n) is 10.3. The number of quaternary nitrogens is 1. The maximum absolute atomic E-state index is 13.6. The van der Waals surface area contributed by atoms with Crippen LogP contribution in [0.2, 0.25) is 0 Å². The third kappa shape index (κ3) is 63.9. The lowest BCUT2D eigenvalue weighted by Gasteiger charge is -2.30. The van der Waals surface area contributed by atoms with Crippen LogP contribution in [0.3, 0.4) is 0 Å². The van der Waals surface area contributed by atoms with Crippen molar-refractivity contribution in [1.29, 1.82) is 0 Å². The third-order valence-corrected chi connectivity index (χ3v) is 16.8. The van der Waals surface area contributed by atoms with Crippen molar-refractivity contribution in [2.24, 2.45) is 0 Å². The van der Waals surface area contributed by atoms with E-state index in [0.717, 1.165) is 77.0 Å². The molecule has 0 aromatic heterocycles. The molecule has 0 aliphatic carbocycles. The number of nitrogens with zero attached hydrogens (tertiary/aromatic N) is 1. The first-order chi connectivity index (χ1) is 40.9. The van der Waals surface area contributed by atoms with Gasteiger partial charge in [-0.2, -0.15) is 0 Å². The summed E-state index contributed by atoms with van der Waals surface area (Å²) in [6.07, 6.45) is 83.0. The average Bonchev–Trinajstić information content (AvgIpc) is 3.65. The summed E-state index contributed by atoms with van der Waals surface area (Å²) >= 11 is 0. The Bertz CT molecular complexity index is 1670. The van der Waals surface area contributed by atoms with Gasteiger partial charge in [0.25, 0.3) is 7.82 Å². The number of nitrogens with one attached hydrogen (secondary N) is 1. The Kier molecular flexibility index (Phi) is 61.5. The number of rotatable bonds is 65. The summed E-state index contributed by atoms with van der Waals surface area (Å²) in [7, 11) is 1.19. The number of hydrogen-bond donors (Lipinski definition) is 1. The molecule has 0 fully saturated rings. The molecular weight excluding hydrogens is 1060 g/mol. The molecular formula is C74H137N2O7P. The Morgan fingerprint density at radius 1 is 0.417 bits per heavy atom. The van der Waals surface area contributed by atoms with E-state index in [2.05, 4.69) is 86.8 Å². The first kappa shape index (κ1) is 81.5. The lowest BCUT2D eigenvalue weighted by molar-refractivity contribution is -0.870. The van der Waals surface area contributed by atoms with Crippen LogP contribution in [-0.2, 0) is 27.9 Å². The second kappa shape index (κ2) is 63.5. The van der Waals surface area contributed by atoms with Gasteiger partial charge in [-0.15, -0.1) is 0 Å². The van der Waals surface area contributed by atoms with Crippen molar-refractivity contribution >= 4 is 19.7 Å². The van der Waals surface area contributed by atoms with E-state index in [1.54, 1.807) is 0 Å². The maximum atomic E-state index is 13.6. The molecule has 0 aliphatic rings. The van der Waals surface area contributed by atoms with Crippen LogP contribution >= 0.6 is 7.82 Å². The predicted octanol–water partition coefficient (Wildman–Crippen LogP) is 22.1. The summed E-state index contributed by atoms with van der Waals surface area (Å²) in [4.78, 5) is 40.2. The van der Waals surface area contributed by atoms with Crippen LogP contribution in [0.1, 0.15) is 335 Å². The number of phosphoric acid groups is 1. The molecule has 490 valence electrons. The van der Waals surface area contributed by atoms with Gasteiger partial charge in [-0.3, -0.25) is 14.2 Å². The largest absolute Gasteiger partial charge is 0.756 e. The quantitative estimate of drug-likeness (QED) is 0.0212. The number of phosphoric ester groups is 1. The second-order valence-electron chi connectivity index (χ2n) is 25.4. The van der Waals surface area contributed by atoms with Gasteiger partial charge in [0.15, 0.2) is 0 Å². The molecule has 1 amide bonds. The van der Waals surface area contributed by atoms with E-state index >= 15 is 0 Å². The van der Waals surface area contributed by atoms with E-state index in [9.17, 15) is 19.0 Å². The average molecular weight is 1200 g/mol. The summed E-state index contributed by atoms with van der Waals surface area (Å²) < 4.78 is 30.5. The van der Waals surface area contributed by atoms with Gasteiger partial charge in [0.1, 0.15) is 19.3 Å². The van der Waals surface area contributed by atoms with E-state index in [1.807, 2.05) is 33.3 Å². The molecule has 0 saturated heterocycles. The first-order valence-corrected chi connectivity index (χ1v) is 37.2. The fourth-order valence-corrected chi connectivity index (χ4v) is 11.0. The summed E-state index contributed by atoms with van der Waals surface area (Å²) in [5, 5.41) is 3.05. The summed E-state index contributed by atoms with van der Waals surface area (Å²) in [6.45, 7) is 6.82. The van der Waals surface area contributed by atoms with Crippen molar-refractivity contribution in [2.45, 2.75) is 348 Å². The van der Waals surface area contributed by atoms with E-state index < -0.39 is 20.0 Å². The number of carbonyl (C=O) groups is 2. The number of likely N-dealkylation sites (N-methyl/N-ethyl adjacent to an activating group) is 1. The number of esters is 1. The van der Waals surface area contributed by atoms with Gasteiger partial charge in [0, 0.05) is 12.8 Å². The van der Waals surface area contributed by atoms with Gasteiger partial charge in [0.05, 0.1) is 33.8 Å². The lowest BCUT2D eigenvalue weighted by Crippen LogP contribution is -2.47. The SMILES string of the molecule is CCCCC/C=C\C/C=C\C/C=C\CCCCCCCCCCCCC(=O)OC(/C=C/CCCCCCCCCCCC)C(COP(=O)([O-])OCC[N+](C)(C)C)NC(=O)CCCCCCCCCCCCCCC/C=C\C/C=C\CCCCC. The highest BCUT2D eigenvalue weighted by Crippen LogP contribution is 2.38. The highest BCUT2D eigenvalue weighted by atomic mass is 31.2. The van der Waals surface area contributed by atoms with Crippen molar-refractivity contribution in [1.82, 2.24) is 5.32 Å². The Labute approximate surface area is 521 Å². The molecule has 0 saturated carbocycles. The zero-order chi connectivity index (χ0) is 61.4. The van der Waals surface area contributed by atoms with Gasteiger partial charge >= 0.3 is 5.97 Å². The van der Waals surface area contributed by atoms with Crippen LogP contribution in [0.25, 0.3) is 0 Å². The topological polar surface area (TPSA) is 114 Å². The number of ether oxygens (including phenoxy) is 1. The Morgan fingerprint density at radius 2 is 0.726 bits per heavy atom. The molecule has 1 N–H and O–H groups in total. The zero-order valence-electron chi connectivity index (χ0n) is 56.1. The minimum atomic E-state index is -4.71. The maximum Gasteiger partial charge on any atom is 0.306 e.